The van der Waals surface area contributed by atoms with E-state index in [0.29, 0.717) is 0 Å². The number of hydrogen-bond donors (Lipinski definition) is 1. The topological polar surface area (TPSA) is 38.3 Å². The predicted molar refractivity (Wildman–Crippen MR) is 81.1 cm³/mol. The zero-order chi connectivity index (χ0) is 14.4. The number of carbonyl (C=O) groups is 1. The molecule has 3 heteroatoms. The summed E-state index contributed by atoms with van der Waals surface area (Å²) in [6.07, 6.45) is 0.755. The van der Waals surface area contributed by atoms with Crippen LogP contribution in [0.15, 0.2) is 54.6 Å². The number of amides is 1. The minimum Gasteiger partial charge on any atom is -0.497 e. The van der Waals surface area contributed by atoms with Crippen molar-refractivity contribution in [3.05, 3.63) is 60.2 Å². The van der Waals surface area contributed by atoms with Gasteiger partial charge >= 0.3 is 0 Å². The molecule has 1 amide bonds. The Bertz CT molecular complexity index is 549. The van der Waals surface area contributed by atoms with E-state index in [-0.39, 0.29) is 11.8 Å². The van der Waals surface area contributed by atoms with Gasteiger partial charge in [-0.15, -0.1) is 0 Å². The van der Waals surface area contributed by atoms with E-state index in [9.17, 15) is 4.79 Å². The molecule has 0 fully saturated rings. The normalized spacial score (nSPS) is 11.7. The van der Waals surface area contributed by atoms with Crippen molar-refractivity contribution >= 4 is 11.6 Å². The summed E-state index contributed by atoms with van der Waals surface area (Å²) in [5, 5.41) is 2.95. The molecule has 2 rings (SSSR count). The van der Waals surface area contributed by atoms with Gasteiger partial charge in [0.1, 0.15) is 5.75 Å². The van der Waals surface area contributed by atoms with E-state index in [1.54, 1.807) is 7.11 Å². The van der Waals surface area contributed by atoms with Gasteiger partial charge in [-0.3, -0.25) is 4.79 Å². The Kier molecular flexibility index (Phi) is 4.77. The Hall–Kier alpha value is -2.29. The highest BCUT2D eigenvalue weighted by Crippen LogP contribution is 2.23. The highest BCUT2D eigenvalue weighted by Gasteiger charge is 2.18. The number of hydrogen-bond acceptors (Lipinski definition) is 2. The number of benzene rings is 2. The van der Waals surface area contributed by atoms with Crippen LogP contribution in [0.1, 0.15) is 24.8 Å². The van der Waals surface area contributed by atoms with Crippen molar-refractivity contribution in [2.45, 2.75) is 19.3 Å². The van der Waals surface area contributed by atoms with Crippen molar-refractivity contribution in [3.8, 4) is 5.75 Å². The van der Waals surface area contributed by atoms with Gasteiger partial charge in [0.05, 0.1) is 13.0 Å². The lowest BCUT2D eigenvalue weighted by Gasteiger charge is -2.15. The molecule has 0 aliphatic rings. The molecule has 3 nitrogen and oxygen atoms in total. The molecule has 0 radical (unpaired) electrons. The smallest absolute Gasteiger partial charge is 0.231 e. The summed E-state index contributed by atoms with van der Waals surface area (Å²) in [6.45, 7) is 2.01. The third kappa shape index (κ3) is 3.38. The van der Waals surface area contributed by atoms with Crippen LogP contribution < -0.4 is 10.1 Å². The number of methoxy groups -OCH3 is 1. The summed E-state index contributed by atoms with van der Waals surface area (Å²) in [6, 6.07) is 17.2. The van der Waals surface area contributed by atoms with E-state index in [0.717, 1.165) is 23.4 Å². The van der Waals surface area contributed by atoms with E-state index >= 15 is 0 Å². The quantitative estimate of drug-likeness (QED) is 0.896. The fraction of sp³-hybridized carbons (Fsp3) is 0.235. The van der Waals surface area contributed by atoms with Crippen LogP contribution in [-0.2, 0) is 4.79 Å². The number of rotatable bonds is 5. The van der Waals surface area contributed by atoms with Crippen molar-refractivity contribution in [1.82, 2.24) is 0 Å². The maximum absolute atomic E-state index is 12.4. The number of nitrogens with one attached hydrogen (secondary N) is 1. The van der Waals surface area contributed by atoms with Gasteiger partial charge in [0.25, 0.3) is 0 Å². The molecule has 104 valence electrons. The summed E-state index contributed by atoms with van der Waals surface area (Å²) in [5.74, 6) is 0.664. The van der Waals surface area contributed by atoms with E-state index in [2.05, 4.69) is 5.32 Å². The van der Waals surface area contributed by atoms with Gasteiger partial charge in [0, 0.05) is 5.69 Å². The van der Waals surface area contributed by atoms with Crippen LogP contribution in [0.3, 0.4) is 0 Å². The third-order valence-corrected chi connectivity index (χ3v) is 3.28. The molecule has 0 aromatic heterocycles. The van der Waals surface area contributed by atoms with E-state index < -0.39 is 0 Å². The second-order valence-electron chi connectivity index (χ2n) is 4.59. The van der Waals surface area contributed by atoms with Gasteiger partial charge in [-0.25, -0.2) is 0 Å². The zero-order valence-electron chi connectivity index (χ0n) is 11.8. The van der Waals surface area contributed by atoms with E-state index in [1.807, 2.05) is 61.5 Å². The average Bonchev–Trinajstić information content (AvgIpc) is 2.49. The highest BCUT2D eigenvalue weighted by atomic mass is 16.5. The lowest BCUT2D eigenvalue weighted by atomic mass is 9.95. The Labute approximate surface area is 119 Å². The third-order valence-electron chi connectivity index (χ3n) is 3.28. The van der Waals surface area contributed by atoms with Gasteiger partial charge in [0.15, 0.2) is 0 Å². The zero-order valence-corrected chi connectivity index (χ0v) is 11.8. The van der Waals surface area contributed by atoms with Crippen molar-refractivity contribution in [2.24, 2.45) is 0 Å². The molecule has 0 heterocycles. The van der Waals surface area contributed by atoms with Crippen molar-refractivity contribution in [3.63, 3.8) is 0 Å². The molecule has 1 N–H and O–H groups in total. The summed E-state index contributed by atoms with van der Waals surface area (Å²) in [7, 11) is 1.63. The molecule has 2 aromatic carbocycles. The van der Waals surface area contributed by atoms with Gasteiger partial charge in [-0.05, 0) is 36.2 Å². The summed E-state index contributed by atoms with van der Waals surface area (Å²) in [5.41, 5.74) is 1.83. The highest BCUT2D eigenvalue weighted by molar-refractivity contribution is 5.95. The standard InChI is InChI=1S/C17H19NO2/c1-3-16(13-9-11-15(20-2)12-10-13)17(19)18-14-7-5-4-6-8-14/h4-12,16H,3H2,1-2H3,(H,18,19)/t16-/m0/s1. The average molecular weight is 269 g/mol. The Morgan fingerprint density at radius 1 is 1.10 bits per heavy atom. The molecule has 0 bridgehead atoms. The summed E-state index contributed by atoms with van der Waals surface area (Å²) in [4.78, 5) is 12.4. The first-order valence-electron chi connectivity index (χ1n) is 6.74. The predicted octanol–water partition coefficient (Wildman–Crippen LogP) is 3.83. The Balaban J connectivity index is 2.12. The molecule has 0 aliphatic carbocycles. The van der Waals surface area contributed by atoms with Gasteiger partial charge in [-0.1, -0.05) is 37.3 Å². The monoisotopic (exact) mass is 269 g/mol. The Morgan fingerprint density at radius 3 is 2.30 bits per heavy atom. The van der Waals surface area contributed by atoms with Crippen LogP contribution in [0.5, 0.6) is 5.75 Å². The van der Waals surface area contributed by atoms with Crippen LogP contribution in [0.2, 0.25) is 0 Å². The summed E-state index contributed by atoms with van der Waals surface area (Å²) >= 11 is 0. The fourth-order valence-electron chi connectivity index (χ4n) is 2.16. The fourth-order valence-corrected chi connectivity index (χ4v) is 2.16. The summed E-state index contributed by atoms with van der Waals surface area (Å²) < 4.78 is 5.14. The van der Waals surface area contributed by atoms with Crippen molar-refractivity contribution in [1.29, 1.82) is 0 Å². The minimum atomic E-state index is -0.152. The first kappa shape index (κ1) is 14.1. The molecule has 1 atom stereocenters. The first-order valence-corrected chi connectivity index (χ1v) is 6.74. The van der Waals surface area contributed by atoms with Gasteiger partial charge in [-0.2, -0.15) is 0 Å². The lowest BCUT2D eigenvalue weighted by Crippen LogP contribution is -2.20. The second kappa shape index (κ2) is 6.75. The SMILES string of the molecule is CC[C@H](C(=O)Nc1ccccc1)c1ccc(OC)cc1. The second-order valence-corrected chi connectivity index (χ2v) is 4.59. The maximum atomic E-state index is 12.4. The van der Waals surface area contributed by atoms with Crippen LogP contribution in [0.4, 0.5) is 5.69 Å². The van der Waals surface area contributed by atoms with Gasteiger partial charge < -0.3 is 10.1 Å². The molecule has 0 spiro atoms. The van der Waals surface area contributed by atoms with Crippen LogP contribution in [0, 0.1) is 0 Å². The van der Waals surface area contributed by atoms with Crippen molar-refractivity contribution in [2.75, 3.05) is 12.4 Å². The van der Waals surface area contributed by atoms with Crippen LogP contribution >= 0.6 is 0 Å². The first-order chi connectivity index (χ1) is 9.74. The number of anilines is 1. The maximum Gasteiger partial charge on any atom is 0.231 e. The largest absolute Gasteiger partial charge is 0.497 e. The van der Waals surface area contributed by atoms with Gasteiger partial charge in [0.2, 0.25) is 5.91 Å². The molecular formula is C17H19NO2. The van der Waals surface area contributed by atoms with Crippen molar-refractivity contribution < 1.29 is 9.53 Å². The number of ether oxygens (including phenoxy) is 1. The molecule has 0 saturated carbocycles. The molecular weight excluding hydrogens is 250 g/mol. The molecule has 2 aromatic rings. The van der Waals surface area contributed by atoms with Crippen LogP contribution in [-0.4, -0.2) is 13.0 Å². The van der Waals surface area contributed by atoms with Crippen LogP contribution in [0.25, 0.3) is 0 Å². The molecule has 0 aliphatic heterocycles. The Morgan fingerprint density at radius 2 is 1.75 bits per heavy atom. The molecule has 20 heavy (non-hydrogen) atoms. The number of carbonyl (C=O) groups excluding carboxylic acids is 1. The lowest BCUT2D eigenvalue weighted by molar-refractivity contribution is -0.117. The molecule has 0 unspecified atom stereocenters. The number of para-hydroxylation sites is 1. The molecule has 0 saturated heterocycles. The van der Waals surface area contributed by atoms with E-state index in [4.69, 9.17) is 4.74 Å². The van der Waals surface area contributed by atoms with E-state index in [1.165, 1.54) is 0 Å². The minimum absolute atomic E-state index is 0.0175.